The van der Waals surface area contributed by atoms with Gasteiger partial charge in [0, 0.05) is 5.75 Å². The molecule has 7 nitrogen and oxygen atoms in total. The number of β-lactam (4-membered cyclic amide) rings is 1. The minimum Gasteiger partial charge on any atom is -0.480 e. The van der Waals surface area contributed by atoms with E-state index in [9.17, 15) is 14.4 Å². The quantitative estimate of drug-likeness (QED) is 0.590. The van der Waals surface area contributed by atoms with E-state index in [2.05, 4.69) is 0 Å². The van der Waals surface area contributed by atoms with Gasteiger partial charge in [0.2, 0.25) is 5.91 Å². The average molecular weight is 290 g/mol. The molecule has 2 heterocycles. The molecular formula is C9H10N2O5S2. The van der Waals surface area contributed by atoms with E-state index < -0.39 is 18.0 Å². The van der Waals surface area contributed by atoms with E-state index >= 15 is 0 Å². The Bertz CT molecular complexity index is 464. The summed E-state index contributed by atoms with van der Waals surface area (Å²) in [6, 6.07) is -1.05. The summed E-state index contributed by atoms with van der Waals surface area (Å²) in [7, 11) is 0. The van der Waals surface area contributed by atoms with Crippen molar-refractivity contribution < 1.29 is 24.6 Å². The summed E-state index contributed by atoms with van der Waals surface area (Å²) in [5.74, 6) is -2.46. The van der Waals surface area contributed by atoms with E-state index in [0.717, 1.165) is 11.8 Å². The zero-order valence-corrected chi connectivity index (χ0v) is 10.7. The summed E-state index contributed by atoms with van der Waals surface area (Å²) in [5.41, 5.74) is 5.30. The second-order valence-corrected chi connectivity index (χ2v) is 6.21. The third-order valence-corrected chi connectivity index (χ3v) is 5.18. The number of carbonyl (C=O) groups excluding carboxylic acids is 1. The first-order valence-corrected chi connectivity index (χ1v) is 6.85. The van der Waals surface area contributed by atoms with Gasteiger partial charge >= 0.3 is 11.9 Å². The van der Waals surface area contributed by atoms with Gasteiger partial charge in [0.05, 0.1) is 16.0 Å². The van der Waals surface area contributed by atoms with E-state index in [1.54, 1.807) is 0 Å². The molecule has 0 aromatic carbocycles. The highest BCUT2D eigenvalue weighted by atomic mass is 32.2. The van der Waals surface area contributed by atoms with Crippen molar-refractivity contribution in [1.29, 1.82) is 0 Å². The highest BCUT2D eigenvalue weighted by Gasteiger charge is 2.48. The first-order valence-electron chi connectivity index (χ1n) is 4.99. The monoisotopic (exact) mass is 290 g/mol. The third kappa shape index (κ3) is 2.20. The number of carboxylic acid groups (broad SMARTS) is 2. The van der Waals surface area contributed by atoms with Crippen LogP contribution in [0.15, 0.2) is 9.93 Å². The number of amides is 1. The van der Waals surface area contributed by atoms with Crippen molar-refractivity contribution in [3.8, 4) is 0 Å². The van der Waals surface area contributed by atoms with Gasteiger partial charge in [0.25, 0.3) is 0 Å². The Balaban J connectivity index is 2.09. The molecule has 0 saturated carbocycles. The zero-order chi connectivity index (χ0) is 13.4. The van der Waals surface area contributed by atoms with Crippen LogP contribution in [0.4, 0.5) is 0 Å². The van der Waals surface area contributed by atoms with Gasteiger partial charge in [-0.05, 0) is 0 Å². The van der Waals surface area contributed by atoms with Crippen LogP contribution in [-0.2, 0) is 14.4 Å². The van der Waals surface area contributed by atoms with Gasteiger partial charge in [-0.2, -0.15) is 0 Å². The fraction of sp³-hybridized carbons (Fsp3) is 0.444. The number of carbonyl (C=O) groups is 3. The summed E-state index contributed by atoms with van der Waals surface area (Å²) in [4.78, 5) is 34.2. The average Bonchev–Trinajstić information content (AvgIpc) is 2.58. The van der Waals surface area contributed by atoms with Gasteiger partial charge in [-0.15, -0.1) is 11.8 Å². The molecule has 18 heavy (non-hydrogen) atoms. The van der Waals surface area contributed by atoms with Crippen molar-refractivity contribution in [1.82, 2.24) is 4.90 Å². The number of hydrogen-bond donors (Lipinski definition) is 3. The maximum Gasteiger partial charge on any atom is 0.354 e. The predicted molar refractivity (Wildman–Crippen MR) is 65.6 cm³/mol. The van der Waals surface area contributed by atoms with Gasteiger partial charge in [0.15, 0.2) is 5.70 Å². The number of hydrogen-bond acceptors (Lipinski definition) is 6. The van der Waals surface area contributed by atoms with E-state index in [1.165, 1.54) is 16.7 Å². The molecule has 2 aliphatic rings. The van der Waals surface area contributed by atoms with Crippen LogP contribution < -0.4 is 5.73 Å². The molecule has 0 spiro atoms. The lowest BCUT2D eigenvalue weighted by atomic mass is 10.2. The van der Waals surface area contributed by atoms with Crippen molar-refractivity contribution in [3.63, 3.8) is 0 Å². The zero-order valence-electron chi connectivity index (χ0n) is 9.03. The van der Waals surface area contributed by atoms with Crippen molar-refractivity contribution in [3.05, 3.63) is 9.93 Å². The van der Waals surface area contributed by atoms with E-state index in [-0.39, 0.29) is 22.7 Å². The molecule has 0 unspecified atom stereocenters. The Labute approximate surface area is 110 Å². The third-order valence-electron chi connectivity index (χ3n) is 2.50. The van der Waals surface area contributed by atoms with Crippen LogP contribution in [0.5, 0.6) is 0 Å². The normalized spacial score (nSPS) is 23.7. The molecular weight excluding hydrogens is 280 g/mol. The van der Waals surface area contributed by atoms with Crippen molar-refractivity contribution in [2.75, 3.05) is 5.75 Å². The number of aliphatic carboxylic acids is 2. The van der Waals surface area contributed by atoms with Gasteiger partial charge < -0.3 is 15.9 Å². The fourth-order valence-electron chi connectivity index (χ4n) is 1.56. The molecule has 1 amide bonds. The molecule has 0 bridgehead atoms. The van der Waals surface area contributed by atoms with Crippen LogP contribution >= 0.6 is 23.5 Å². The minimum absolute atomic E-state index is 0.0520. The second kappa shape index (κ2) is 4.82. The minimum atomic E-state index is -1.18. The van der Waals surface area contributed by atoms with Crippen molar-refractivity contribution >= 4 is 41.4 Å². The summed E-state index contributed by atoms with van der Waals surface area (Å²) >= 11 is 2.34. The number of nitrogens with zero attached hydrogens (tertiary/aromatic N) is 1. The van der Waals surface area contributed by atoms with Crippen LogP contribution in [0.2, 0.25) is 0 Å². The lowest BCUT2D eigenvalue weighted by molar-refractivity contribution is -0.145. The summed E-state index contributed by atoms with van der Waals surface area (Å²) < 4.78 is 0.454. The smallest absolute Gasteiger partial charge is 0.354 e. The molecule has 0 aromatic rings. The van der Waals surface area contributed by atoms with Crippen LogP contribution in [0, 0.1) is 0 Å². The maximum atomic E-state index is 11.3. The molecule has 0 aliphatic carbocycles. The number of thioether (sulfide) groups is 2. The number of nitrogens with two attached hydrogens (primary N) is 1. The van der Waals surface area contributed by atoms with Gasteiger partial charge in [-0.25, -0.2) is 4.79 Å². The summed E-state index contributed by atoms with van der Waals surface area (Å²) in [5, 5.41) is 17.6. The summed E-state index contributed by atoms with van der Waals surface area (Å²) in [6.07, 6.45) is 0.316. The van der Waals surface area contributed by atoms with Crippen LogP contribution in [0.1, 0.15) is 6.42 Å². The number of rotatable bonds is 5. The first kappa shape index (κ1) is 13.2. The van der Waals surface area contributed by atoms with Crippen molar-refractivity contribution in [2.24, 2.45) is 5.73 Å². The Morgan fingerprint density at radius 2 is 2.22 bits per heavy atom. The summed E-state index contributed by atoms with van der Waals surface area (Å²) in [6.45, 7) is 0. The molecule has 4 N–H and O–H groups in total. The van der Waals surface area contributed by atoms with E-state index in [0.29, 0.717) is 10.7 Å². The van der Waals surface area contributed by atoms with Gasteiger partial charge in [-0.1, -0.05) is 11.8 Å². The Morgan fingerprint density at radius 1 is 1.56 bits per heavy atom. The van der Waals surface area contributed by atoms with Crippen LogP contribution in [-0.4, -0.2) is 50.1 Å². The first-order chi connectivity index (χ1) is 8.41. The van der Waals surface area contributed by atoms with E-state index in [4.69, 9.17) is 15.9 Å². The molecule has 0 radical (unpaired) electrons. The fourth-order valence-corrected chi connectivity index (χ4v) is 4.26. The molecule has 1 saturated heterocycles. The molecule has 2 aliphatic heterocycles. The van der Waals surface area contributed by atoms with Crippen LogP contribution in [0.3, 0.4) is 0 Å². The number of carboxylic acids is 2. The van der Waals surface area contributed by atoms with Crippen molar-refractivity contribution in [2.45, 2.75) is 17.8 Å². The largest absolute Gasteiger partial charge is 0.480 e. The molecule has 2 atom stereocenters. The Morgan fingerprint density at radius 3 is 2.72 bits per heavy atom. The number of fused-ring (bicyclic) bond motifs is 1. The SMILES string of the molecule is N[C@H](CSC1=C(C(=O)O)N2C(=O)C[C@@H]2S1)C(=O)O. The molecule has 0 aromatic heterocycles. The molecule has 9 heteroatoms. The second-order valence-electron chi connectivity index (χ2n) is 3.74. The lowest BCUT2D eigenvalue weighted by Gasteiger charge is -2.33. The highest BCUT2D eigenvalue weighted by Crippen LogP contribution is 2.50. The predicted octanol–water partition coefficient (Wildman–Crippen LogP) is -0.310. The van der Waals surface area contributed by atoms with Crippen LogP contribution in [0.25, 0.3) is 0 Å². The maximum absolute atomic E-state index is 11.3. The topological polar surface area (TPSA) is 121 Å². The Kier molecular flexibility index (Phi) is 3.55. The molecule has 1 fully saturated rings. The van der Waals surface area contributed by atoms with E-state index in [1.807, 2.05) is 0 Å². The Hall–Kier alpha value is -1.19. The highest BCUT2D eigenvalue weighted by molar-refractivity contribution is 8.22. The van der Waals surface area contributed by atoms with Gasteiger partial charge in [0.1, 0.15) is 6.04 Å². The van der Waals surface area contributed by atoms with Gasteiger partial charge in [-0.3, -0.25) is 14.5 Å². The lowest BCUT2D eigenvalue weighted by Crippen LogP contribution is -2.48. The molecule has 98 valence electrons. The molecule has 2 rings (SSSR count). The standard InChI is InChI=1S/C9H10N2O5S2/c10-3(7(13)14)2-17-9-6(8(15)16)11-4(12)1-5(11)18-9/h3,5H,1-2,10H2,(H,13,14)(H,15,16)/t3-,5+/m1/s1.